The number of halogens is 1. The maximum absolute atomic E-state index is 5.81. The third-order valence-electron chi connectivity index (χ3n) is 2.58. The summed E-state index contributed by atoms with van der Waals surface area (Å²) >= 11 is 3.43. The molecule has 0 saturated heterocycles. The number of ether oxygens (including phenoxy) is 2. The number of anilines is 1. The van der Waals surface area contributed by atoms with E-state index in [1.54, 1.807) is 12.1 Å². The molecule has 2 N–H and O–H groups in total. The van der Waals surface area contributed by atoms with Crippen molar-refractivity contribution in [1.82, 2.24) is 4.98 Å². The number of hydrogen-bond donors (Lipinski definition) is 1. The lowest BCUT2D eigenvalue weighted by atomic mass is 10.2. The Labute approximate surface area is 127 Å². The van der Waals surface area contributed by atoms with E-state index in [1.165, 1.54) is 0 Å². The Morgan fingerprint density at radius 1 is 1.20 bits per heavy atom. The molecule has 2 aromatic rings. The minimum atomic E-state index is 0.429. The topological polar surface area (TPSA) is 57.4 Å². The molecule has 1 aromatic carbocycles. The van der Waals surface area contributed by atoms with Crippen LogP contribution in [0.1, 0.15) is 18.9 Å². The maximum Gasteiger partial charge on any atom is 0.240 e. The van der Waals surface area contributed by atoms with Crippen LogP contribution in [0.3, 0.4) is 0 Å². The van der Waals surface area contributed by atoms with Gasteiger partial charge < -0.3 is 15.2 Å². The molecule has 20 heavy (non-hydrogen) atoms. The van der Waals surface area contributed by atoms with Crippen molar-refractivity contribution < 1.29 is 9.47 Å². The molecule has 0 amide bonds. The number of nitrogens with two attached hydrogens (primary N) is 1. The highest BCUT2D eigenvalue weighted by Crippen LogP contribution is 2.23. The van der Waals surface area contributed by atoms with Gasteiger partial charge in [-0.05, 0) is 30.2 Å². The summed E-state index contributed by atoms with van der Waals surface area (Å²) in [6.45, 7) is 3.07. The lowest BCUT2D eigenvalue weighted by Crippen LogP contribution is -2.03. The third-order valence-corrected chi connectivity index (χ3v) is 3.08. The summed E-state index contributed by atoms with van der Waals surface area (Å²) < 4.78 is 12.2. The van der Waals surface area contributed by atoms with E-state index in [0.717, 1.165) is 16.5 Å². The van der Waals surface area contributed by atoms with E-state index in [2.05, 4.69) is 20.9 Å². The van der Waals surface area contributed by atoms with Crippen LogP contribution in [0.5, 0.6) is 11.8 Å². The highest BCUT2D eigenvalue weighted by Gasteiger charge is 2.05. The summed E-state index contributed by atoms with van der Waals surface area (Å²) in [7, 11) is 0. The zero-order valence-corrected chi connectivity index (χ0v) is 12.9. The summed E-state index contributed by atoms with van der Waals surface area (Å²) in [6, 6.07) is 11.4. The average Bonchev–Trinajstić information content (AvgIpc) is 2.45. The number of rotatable bonds is 6. The second kappa shape index (κ2) is 7.14. The van der Waals surface area contributed by atoms with Crippen molar-refractivity contribution in [2.45, 2.75) is 20.0 Å². The highest BCUT2D eigenvalue weighted by atomic mass is 79.9. The van der Waals surface area contributed by atoms with Crippen molar-refractivity contribution in [3.8, 4) is 11.8 Å². The molecule has 2 rings (SSSR count). The zero-order valence-electron chi connectivity index (χ0n) is 11.3. The average molecular weight is 337 g/mol. The van der Waals surface area contributed by atoms with Crippen molar-refractivity contribution in [3.05, 3.63) is 46.4 Å². The Morgan fingerprint density at radius 3 is 2.80 bits per heavy atom. The predicted octanol–water partition coefficient (Wildman–Crippen LogP) is 3.79. The molecule has 0 radical (unpaired) electrons. The van der Waals surface area contributed by atoms with E-state index in [-0.39, 0.29) is 0 Å². The summed E-state index contributed by atoms with van der Waals surface area (Å²) in [5, 5.41) is 0. The van der Waals surface area contributed by atoms with Crippen molar-refractivity contribution >= 4 is 21.6 Å². The molecule has 0 saturated carbocycles. The monoisotopic (exact) mass is 336 g/mol. The van der Waals surface area contributed by atoms with Crippen molar-refractivity contribution in [3.63, 3.8) is 0 Å². The molecule has 0 unspecified atom stereocenters. The largest absolute Gasteiger partial charge is 0.476 e. The van der Waals surface area contributed by atoms with Crippen LogP contribution in [0, 0.1) is 0 Å². The van der Waals surface area contributed by atoms with Crippen LogP contribution < -0.4 is 15.2 Å². The Kier molecular flexibility index (Phi) is 5.24. The molecule has 0 fully saturated rings. The molecule has 0 aliphatic rings. The van der Waals surface area contributed by atoms with Crippen molar-refractivity contribution in [2.75, 3.05) is 12.3 Å². The first-order valence-corrected chi connectivity index (χ1v) is 7.25. The van der Waals surface area contributed by atoms with Crippen LogP contribution in [0.2, 0.25) is 0 Å². The Bertz CT molecular complexity index is 576. The number of hydrogen-bond acceptors (Lipinski definition) is 4. The first kappa shape index (κ1) is 14.7. The van der Waals surface area contributed by atoms with E-state index in [1.807, 2.05) is 31.2 Å². The van der Waals surface area contributed by atoms with Gasteiger partial charge >= 0.3 is 0 Å². The first-order valence-electron chi connectivity index (χ1n) is 6.45. The lowest BCUT2D eigenvalue weighted by molar-refractivity contribution is 0.274. The molecule has 0 aliphatic heterocycles. The van der Waals surface area contributed by atoms with Crippen LogP contribution in [0.4, 0.5) is 5.69 Å². The molecular weight excluding hydrogens is 320 g/mol. The molecule has 1 aromatic heterocycles. The Balaban J connectivity index is 2.02. The van der Waals surface area contributed by atoms with Crippen molar-refractivity contribution in [1.29, 1.82) is 0 Å². The SMILES string of the molecule is CCCOc1nc(OCc2cccc(Br)c2)ccc1N. The van der Waals surface area contributed by atoms with Gasteiger partial charge in [0.2, 0.25) is 11.8 Å². The van der Waals surface area contributed by atoms with E-state index >= 15 is 0 Å². The number of benzene rings is 1. The third kappa shape index (κ3) is 4.13. The fraction of sp³-hybridized carbons (Fsp3) is 0.267. The van der Waals surface area contributed by atoms with Gasteiger partial charge in [-0.2, -0.15) is 4.98 Å². The second-order valence-corrected chi connectivity index (χ2v) is 5.23. The molecule has 0 atom stereocenters. The first-order chi connectivity index (χ1) is 9.69. The van der Waals surface area contributed by atoms with Gasteiger partial charge in [-0.25, -0.2) is 0 Å². The minimum absolute atomic E-state index is 0.429. The van der Waals surface area contributed by atoms with Gasteiger partial charge in [0.05, 0.1) is 12.3 Å². The summed E-state index contributed by atoms with van der Waals surface area (Å²) in [4.78, 5) is 4.27. The van der Waals surface area contributed by atoms with Gasteiger partial charge in [-0.3, -0.25) is 0 Å². The molecule has 0 spiro atoms. The minimum Gasteiger partial charge on any atom is -0.476 e. The standard InChI is InChI=1S/C15H17BrN2O2/c1-2-8-19-15-13(17)6-7-14(18-15)20-10-11-4-3-5-12(16)9-11/h3-7,9H,2,8,10,17H2,1H3. The molecule has 106 valence electrons. The van der Waals surface area contributed by atoms with E-state index in [9.17, 15) is 0 Å². The molecular formula is C15H17BrN2O2. The van der Waals surface area contributed by atoms with Gasteiger partial charge in [-0.15, -0.1) is 0 Å². The fourth-order valence-corrected chi connectivity index (χ4v) is 2.06. The summed E-state index contributed by atoms with van der Waals surface area (Å²) in [6.07, 6.45) is 0.907. The van der Waals surface area contributed by atoms with Gasteiger partial charge in [0, 0.05) is 10.5 Å². The molecule has 0 aliphatic carbocycles. The normalized spacial score (nSPS) is 10.3. The number of aromatic nitrogens is 1. The van der Waals surface area contributed by atoms with Crippen LogP contribution in [0.25, 0.3) is 0 Å². The molecule has 4 nitrogen and oxygen atoms in total. The second-order valence-electron chi connectivity index (χ2n) is 4.31. The lowest BCUT2D eigenvalue weighted by Gasteiger charge is -2.10. The van der Waals surface area contributed by atoms with E-state index < -0.39 is 0 Å². The quantitative estimate of drug-likeness (QED) is 0.871. The van der Waals surface area contributed by atoms with Gasteiger partial charge in [-0.1, -0.05) is 35.0 Å². The van der Waals surface area contributed by atoms with E-state index in [4.69, 9.17) is 15.2 Å². The van der Waals surface area contributed by atoms with Gasteiger partial charge in [0.25, 0.3) is 0 Å². The zero-order chi connectivity index (χ0) is 14.4. The fourth-order valence-electron chi connectivity index (χ4n) is 1.61. The predicted molar refractivity (Wildman–Crippen MR) is 82.9 cm³/mol. The number of nitrogen functional groups attached to an aromatic ring is 1. The highest BCUT2D eigenvalue weighted by molar-refractivity contribution is 9.10. The molecule has 5 heteroatoms. The summed E-state index contributed by atoms with van der Waals surface area (Å²) in [5.74, 6) is 0.934. The van der Waals surface area contributed by atoms with Crippen molar-refractivity contribution in [2.24, 2.45) is 0 Å². The van der Waals surface area contributed by atoms with E-state index in [0.29, 0.717) is 30.7 Å². The maximum atomic E-state index is 5.81. The smallest absolute Gasteiger partial charge is 0.240 e. The van der Waals surface area contributed by atoms with Gasteiger partial charge in [0.15, 0.2) is 0 Å². The van der Waals surface area contributed by atoms with Crippen LogP contribution in [-0.2, 0) is 6.61 Å². The van der Waals surface area contributed by atoms with Gasteiger partial charge in [0.1, 0.15) is 6.61 Å². The Morgan fingerprint density at radius 2 is 2.05 bits per heavy atom. The summed E-state index contributed by atoms with van der Waals surface area (Å²) in [5.41, 5.74) is 7.39. The van der Waals surface area contributed by atoms with Crippen LogP contribution in [0.15, 0.2) is 40.9 Å². The van der Waals surface area contributed by atoms with Crippen LogP contribution in [-0.4, -0.2) is 11.6 Å². The number of nitrogens with zero attached hydrogens (tertiary/aromatic N) is 1. The number of pyridine rings is 1. The Hall–Kier alpha value is -1.75. The molecule has 0 bridgehead atoms. The molecule has 1 heterocycles. The van der Waals surface area contributed by atoms with Crippen LogP contribution >= 0.6 is 15.9 Å².